The van der Waals surface area contributed by atoms with Crippen LogP contribution in [-0.4, -0.2) is 25.3 Å². The molecule has 0 fully saturated rings. The molecule has 1 rings (SSSR count). The van der Waals surface area contributed by atoms with Gasteiger partial charge in [-0.2, -0.15) is 0 Å². The van der Waals surface area contributed by atoms with Gasteiger partial charge in [0.1, 0.15) is 11.4 Å². The number of methoxy groups -OCH3 is 1. The Balaban J connectivity index is 2.39. The van der Waals surface area contributed by atoms with Crippen LogP contribution >= 0.6 is 0 Å². The van der Waals surface area contributed by atoms with Crippen LogP contribution in [-0.2, 0) is 4.74 Å². The van der Waals surface area contributed by atoms with Gasteiger partial charge < -0.3 is 14.8 Å². The Kier molecular flexibility index (Phi) is 5.92. The second-order valence-electron chi connectivity index (χ2n) is 5.18. The Bertz CT molecular complexity index is 506. The summed E-state index contributed by atoms with van der Waals surface area (Å²) in [5, 5.41) is 2.66. The number of carbonyl (C=O) groups excluding carboxylic acids is 1. The van der Waals surface area contributed by atoms with Gasteiger partial charge in [-0.3, -0.25) is 0 Å². The van der Waals surface area contributed by atoms with Gasteiger partial charge in [0.25, 0.3) is 0 Å². The quantitative estimate of drug-likeness (QED) is 0.681. The molecule has 1 amide bonds. The van der Waals surface area contributed by atoms with Crippen molar-refractivity contribution < 1.29 is 14.3 Å². The van der Waals surface area contributed by atoms with Crippen molar-refractivity contribution in [2.75, 3.05) is 13.7 Å². The molecular weight excluding hydrogens is 254 g/mol. The largest absolute Gasteiger partial charge is 0.495 e. The van der Waals surface area contributed by atoms with E-state index in [-0.39, 0.29) is 0 Å². The fraction of sp³-hybridized carbons (Fsp3) is 0.438. The van der Waals surface area contributed by atoms with Gasteiger partial charge in [0.2, 0.25) is 0 Å². The average Bonchev–Trinajstić information content (AvgIpc) is 2.36. The van der Waals surface area contributed by atoms with E-state index >= 15 is 0 Å². The lowest BCUT2D eigenvalue weighted by atomic mass is 10.2. The standard InChI is InChI=1S/C16H21NO3/c1-16(2,3)20-15(18)17-12-8-7-10-13-9-5-6-11-14(13)19-4/h5-6,9,11H,8,12H2,1-4H3,(H,17,18). The summed E-state index contributed by atoms with van der Waals surface area (Å²) in [5.74, 6) is 6.76. The molecule has 4 nitrogen and oxygen atoms in total. The summed E-state index contributed by atoms with van der Waals surface area (Å²) < 4.78 is 10.3. The molecule has 4 heteroatoms. The van der Waals surface area contributed by atoms with Crippen molar-refractivity contribution in [2.45, 2.75) is 32.8 Å². The lowest BCUT2D eigenvalue weighted by Gasteiger charge is -2.19. The van der Waals surface area contributed by atoms with Gasteiger partial charge in [0.15, 0.2) is 0 Å². The molecule has 0 spiro atoms. The lowest BCUT2D eigenvalue weighted by molar-refractivity contribution is 0.0529. The smallest absolute Gasteiger partial charge is 0.407 e. The molecule has 0 aliphatic carbocycles. The highest BCUT2D eigenvalue weighted by molar-refractivity contribution is 5.67. The van der Waals surface area contributed by atoms with E-state index in [9.17, 15) is 4.79 Å². The van der Waals surface area contributed by atoms with Crippen LogP contribution in [0.3, 0.4) is 0 Å². The van der Waals surface area contributed by atoms with E-state index in [0.29, 0.717) is 13.0 Å². The molecule has 20 heavy (non-hydrogen) atoms. The van der Waals surface area contributed by atoms with E-state index < -0.39 is 11.7 Å². The van der Waals surface area contributed by atoms with Crippen molar-refractivity contribution in [1.82, 2.24) is 5.32 Å². The number of amides is 1. The number of rotatable bonds is 3. The van der Waals surface area contributed by atoms with Crippen LogP contribution in [0, 0.1) is 11.8 Å². The molecule has 0 unspecified atom stereocenters. The van der Waals surface area contributed by atoms with Crippen LogP contribution in [0.4, 0.5) is 4.79 Å². The molecule has 1 aromatic carbocycles. The summed E-state index contributed by atoms with van der Waals surface area (Å²) in [6.07, 6.45) is 0.133. The Hall–Kier alpha value is -2.15. The Morgan fingerprint density at radius 2 is 2.00 bits per heavy atom. The van der Waals surface area contributed by atoms with Gasteiger partial charge >= 0.3 is 6.09 Å². The van der Waals surface area contributed by atoms with Crippen molar-refractivity contribution in [3.63, 3.8) is 0 Å². The third-order valence-electron chi connectivity index (χ3n) is 2.25. The highest BCUT2D eigenvalue weighted by Crippen LogP contribution is 2.15. The number of nitrogens with one attached hydrogen (secondary N) is 1. The number of benzene rings is 1. The zero-order chi connectivity index (χ0) is 15.0. The molecule has 0 saturated heterocycles. The van der Waals surface area contributed by atoms with E-state index in [1.165, 1.54) is 0 Å². The maximum atomic E-state index is 11.4. The van der Waals surface area contributed by atoms with Crippen LogP contribution in [0.5, 0.6) is 5.75 Å². The highest BCUT2D eigenvalue weighted by atomic mass is 16.6. The second kappa shape index (κ2) is 7.44. The fourth-order valence-electron chi connectivity index (χ4n) is 1.45. The predicted molar refractivity (Wildman–Crippen MR) is 78.7 cm³/mol. The summed E-state index contributed by atoms with van der Waals surface area (Å²) in [5.41, 5.74) is 0.361. The zero-order valence-corrected chi connectivity index (χ0v) is 12.4. The van der Waals surface area contributed by atoms with Crippen molar-refractivity contribution >= 4 is 6.09 Å². The van der Waals surface area contributed by atoms with Crippen molar-refractivity contribution in [3.05, 3.63) is 29.8 Å². The fourth-order valence-corrected chi connectivity index (χ4v) is 1.45. The summed E-state index contributed by atoms with van der Waals surface area (Å²) >= 11 is 0. The van der Waals surface area contributed by atoms with Gasteiger partial charge in [0.05, 0.1) is 12.7 Å². The summed E-state index contributed by atoms with van der Waals surface area (Å²) in [6, 6.07) is 7.57. The maximum absolute atomic E-state index is 11.4. The van der Waals surface area contributed by atoms with Crippen LogP contribution < -0.4 is 10.1 Å². The van der Waals surface area contributed by atoms with Gasteiger partial charge in [0, 0.05) is 13.0 Å². The van der Waals surface area contributed by atoms with Crippen molar-refractivity contribution in [1.29, 1.82) is 0 Å². The number of hydrogen-bond donors (Lipinski definition) is 1. The first-order valence-electron chi connectivity index (χ1n) is 6.51. The first-order chi connectivity index (χ1) is 9.42. The summed E-state index contributed by atoms with van der Waals surface area (Å²) in [7, 11) is 1.62. The highest BCUT2D eigenvalue weighted by Gasteiger charge is 2.15. The molecule has 0 radical (unpaired) electrons. The molecule has 0 saturated carbocycles. The third-order valence-corrected chi connectivity index (χ3v) is 2.25. The molecule has 0 bridgehead atoms. The van der Waals surface area contributed by atoms with E-state index in [1.54, 1.807) is 7.11 Å². The molecule has 0 aliphatic heterocycles. The van der Waals surface area contributed by atoms with E-state index in [0.717, 1.165) is 11.3 Å². The first-order valence-corrected chi connectivity index (χ1v) is 6.51. The van der Waals surface area contributed by atoms with E-state index in [2.05, 4.69) is 17.2 Å². The Labute approximate surface area is 120 Å². The molecule has 0 aromatic heterocycles. The predicted octanol–water partition coefficient (Wildman–Crippen LogP) is 2.96. The van der Waals surface area contributed by atoms with Gasteiger partial charge in [-0.25, -0.2) is 4.79 Å². The zero-order valence-electron chi connectivity index (χ0n) is 12.4. The number of ether oxygens (including phenoxy) is 2. The normalized spacial score (nSPS) is 10.2. The van der Waals surface area contributed by atoms with Gasteiger partial charge in [-0.15, -0.1) is 0 Å². The third kappa shape index (κ3) is 6.14. The summed E-state index contributed by atoms with van der Waals surface area (Å²) in [4.78, 5) is 11.4. The number of carbonyl (C=O) groups is 1. The molecule has 0 atom stereocenters. The maximum Gasteiger partial charge on any atom is 0.407 e. The number of alkyl carbamates (subject to hydrolysis) is 1. The molecule has 108 valence electrons. The first kappa shape index (κ1) is 15.9. The minimum absolute atomic E-state index is 0.420. The van der Waals surface area contributed by atoms with Crippen molar-refractivity contribution in [3.8, 4) is 17.6 Å². The number of para-hydroxylation sites is 1. The molecular formula is C16H21NO3. The van der Waals surface area contributed by atoms with Gasteiger partial charge in [-0.1, -0.05) is 24.0 Å². The van der Waals surface area contributed by atoms with Crippen LogP contribution in [0.25, 0.3) is 0 Å². The molecule has 1 aromatic rings. The van der Waals surface area contributed by atoms with Crippen LogP contribution in [0.15, 0.2) is 24.3 Å². The lowest BCUT2D eigenvalue weighted by Crippen LogP contribution is -2.32. The second-order valence-corrected chi connectivity index (χ2v) is 5.18. The number of hydrogen-bond acceptors (Lipinski definition) is 3. The van der Waals surface area contributed by atoms with E-state index in [4.69, 9.17) is 9.47 Å². The molecule has 1 N–H and O–H groups in total. The van der Waals surface area contributed by atoms with E-state index in [1.807, 2.05) is 45.0 Å². The van der Waals surface area contributed by atoms with Gasteiger partial charge in [-0.05, 0) is 32.9 Å². The SMILES string of the molecule is COc1ccccc1C#CCCNC(=O)OC(C)(C)C. The van der Waals surface area contributed by atoms with Crippen molar-refractivity contribution in [2.24, 2.45) is 0 Å². The minimum atomic E-state index is -0.479. The summed E-state index contributed by atoms with van der Waals surface area (Å²) in [6.45, 7) is 5.94. The Morgan fingerprint density at radius 3 is 2.65 bits per heavy atom. The Morgan fingerprint density at radius 1 is 1.30 bits per heavy atom. The molecule has 0 heterocycles. The monoisotopic (exact) mass is 275 g/mol. The molecule has 0 aliphatic rings. The minimum Gasteiger partial charge on any atom is -0.495 e. The average molecular weight is 275 g/mol. The van der Waals surface area contributed by atoms with Crippen LogP contribution in [0.2, 0.25) is 0 Å². The van der Waals surface area contributed by atoms with Crippen LogP contribution in [0.1, 0.15) is 32.8 Å². The topological polar surface area (TPSA) is 47.6 Å².